The minimum atomic E-state index is -4.42. The molecule has 2 N–H and O–H groups in total. The number of halogens is 3. The van der Waals surface area contributed by atoms with Crippen molar-refractivity contribution in [2.75, 3.05) is 0 Å². The van der Waals surface area contributed by atoms with Crippen LogP contribution in [-0.2, 0) is 22.3 Å². The van der Waals surface area contributed by atoms with Crippen LogP contribution in [0.5, 0.6) is 0 Å². The zero-order valence-corrected chi connectivity index (χ0v) is 10.4. The highest BCUT2D eigenvalue weighted by atomic mass is 19.4. The molecular weight excluding hydrogens is 279 g/mol. The molecule has 0 aliphatic carbocycles. The Bertz CT molecular complexity index is 484. The van der Waals surface area contributed by atoms with Gasteiger partial charge >= 0.3 is 18.2 Å². The number of rotatable bonds is 4. The maximum atomic E-state index is 12.3. The molecule has 20 heavy (non-hydrogen) atoms. The van der Waals surface area contributed by atoms with Crippen molar-refractivity contribution in [1.82, 2.24) is 5.32 Å². The van der Waals surface area contributed by atoms with E-state index in [9.17, 15) is 22.8 Å². The summed E-state index contributed by atoms with van der Waals surface area (Å²) in [5.41, 5.74) is -0.443. The number of hydrogen-bond acceptors (Lipinski definition) is 3. The van der Waals surface area contributed by atoms with E-state index in [4.69, 9.17) is 5.11 Å². The quantitative estimate of drug-likeness (QED) is 0.893. The highest BCUT2D eigenvalue weighted by Gasteiger charge is 2.29. The van der Waals surface area contributed by atoms with E-state index in [1.54, 1.807) is 0 Å². The Morgan fingerprint density at radius 2 is 1.85 bits per heavy atom. The number of carboxylic acid groups (broad SMARTS) is 1. The van der Waals surface area contributed by atoms with Crippen molar-refractivity contribution >= 4 is 12.1 Å². The normalized spacial score (nSPS) is 12.6. The van der Waals surface area contributed by atoms with Crippen molar-refractivity contribution in [2.24, 2.45) is 0 Å². The molecule has 0 radical (unpaired) electrons. The lowest BCUT2D eigenvalue weighted by Gasteiger charge is -2.11. The molecule has 1 aromatic rings. The second-order valence-electron chi connectivity index (χ2n) is 3.98. The number of ether oxygens (including phenoxy) is 1. The molecule has 0 heterocycles. The Kier molecular flexibility index (Phi) is 4.95. The van der Waals surface area contributed by atoms with Crippen molar-refractivity contribution in [2.45, 2.75) is 25.7 Å². The molecule has 0 fully saturated rings. The fourth-order valence-electron chi connectivity index (χ4n) is 1.22. The van der Waals surface area contributed by atoms with E-state index < -0.39 is 29.8 Å². The summed E-state index contributed by atoms with van der Waals surface area (Å²) in [5.74, 6) is -1.23. The van der Waals surface area contributed by atoms with Crippen LogP contribution in [0.1, 0.15) is 18.1 Å². The zero-order chi connectivity index (χ0) is 15.3. The SMILES string of the molecule is C[C@H](NC(=O)OCc1ccc(C(F)(F)F)cc1)C(=O)O. The molecular formula is C12H12F3NO4. The fraction of sp³-hybridized carbons (Fsp3) is 0.333. The van der Waals surface area contributed by atoms with E-state index in [0.717, 1.165) is 12.1 Å². The van der Waals surface area contributed by atoms with Crippen LogP contribution in [0.25, 0.3) is 0 Å². The summed E-state index contributed by atoms with van der Waals surface area (Å²) in [4.78, 5) is 21.6. The van der Waals surface area contributed by atoms with E-state index in [1.165, 1.54) is 19.1 Å². The van der Waals surface area contributed by atoms with Gasteiger partial charge in [0.2, 0.25) is 0 Å². The molecule has 0 saturated heterocycles. The van der Waals surface area contributed by atoms with Gasteiger partial charge in [0.15, 0.2) is 0 Å². The number of nitrogens with one attached hydrogen (secondary N) is 1. The summed E-state index contributed by atoms with van der Waals surface area (Å²) in [6.45, 7) is 0.998. The van der Waals surface area contributed by atoms with Gasteiger partial charge in [0.25, 0.3) is 0 Å². The molecule has 0 aliphatic heterocycles. The first-order valence-electron chi connectivity index (χ1n) is 5.52. The molecule has 110 valence electrons. The molecule has 1 atom stereocenters. The van der Waals surface area contributed by atoms with Gasteiger partial charge in [-0.25, -0.2) is 4.79 Å². The van der Waals surface area contributed by atoms with Crippen LogP contribution in [0.15, 0.2) is 24.3 Å². The number of alkyl carbamates (subject to hydrolysis) is 1. The second-order valence-corrected chi connectivity index (χ2v) is 3.98. The van der Waals surface area contributed by atoms with Gasteiger partial charge < -0.3 is 15.2 Å². The van der Waals surface area contributed by atoms with E-state index in [0.29, 0.717) is 5.56 Å². The van der Waals surface area contributed by atoms with E-state index in [2.05, 4.69) is 4.74 Å². The minimum absolute atomic E-state index is 0.254. The third kappa shape index (κ3) is 4.79. The Balaban J connectivity index is 2.50. The minimum Gasteiger partial charge on any atom is -0.480 e. The van der Waals surface area contributed by atoms with E-state index >= 15 is 0 Å². The third-order valence-electron chi connectivity index (χ3n) is 2.36. The number of amides is 1. The van der Waals surface area contributed by atoms with Gasteiger partial charge in [0.05, 0.1) is 5.56 Å². The van der Waals surface area contributed by atoms with E-state index in [1.807, 2.05) is 5.32 Å². The van der Waals surface area contributed by atoms with Crippen molar-refractivity contribution in [3.63, 3.8) is 0 Å². The van der Waals surface area contributed by atoms with Gasteiger partial charge in [0, 0.05) is 0 Å². The first-order chi connectivity index (χ1) is 9.20. The molecule has 0 aliphatic rings. The maximum absolute atomic E-state index is 12.3. The van der Waals surface area contributed by atoms with Gasteiger partial charge in [0.1, 0.15) is 12.6 Å². The molecule has 8 heteroatoms. The first kappa shape index (κ1) is 15.8. The topological polar surface area (TPSA) is 75.6 Å². The monoisotopic (exact) mass is 291 g/mol. The molecule has 0 spiro atoms. The van der Waals surface area contributed by atoms with Gasteiger partial charge in [-0.1, -0.05) is 12.1 Å². The predicted octanol–water partition coefficient (Wildman–Crippen LogP) is 2.40. The number of alkyl halides is 3. The number of carbonyl (C=O) groups is 2. The lowest BCUT2D eigenvalue weighted by atomic mass is 10.1. The van der Waals surface area contributed by atoms with E-state index in [-0.39, 0.29) is 6.61 Å². The maximum Gasteiger partial charge on any atom is 0.416 e. The fourth-order valence-corrected chi connectivity index (χ4v) is 1.22. The number of benzene rings is 1. The average Bonchev–Trinajstić information content (AvgIpc) is 2.35. The molecule has 0 unspecified atom stereocenters. The summed E-state index contributed by atoms with van der Waals surface area (Å²) in [5, 5.41) is 10.6. The zero-order valence-electron chi connectivity index (χ0n) is 10.4. The standard InChI is InChI=1S/C12H12F3NO4/c1-7(10(17)18)16-11(19)20-6-8-2-4-9(5-3-8)12(13,14)15/h2-5,7H,6H2,1H3,(H,16,19)(H,17,18)/t7-/m0/s1. The summed E-state index contributed by atoms with van der Waals surface area (Å²) in [6, 6.07) is 2.98. The van der Waals surface area contributed by atoms with Crippen LogP contribution < -0.4 is 5.32 Å². The third-order valence-corrected chi connectivity index (χ3v) is 2.36. The lowest BCUT2D eigenvalue weighted by Crippen LogP contribution is -2.38. The van der Waals surface area contributed by atoms with Gasteiger partial charge in [-0.2, -0.15) is 13.2 Å². The van der Waals surface area contributed by atoms with Crippen LogP contribution in [0.3, 0.4) is 0 Å². The highest BCUT2D eigenvalue weighted by molar-refractivity contribution is 5.79. The number of carbonyl (C=O) groups excluding carboxylic acids is 1. The molecule has 0 saturated carbocycles. The molecule has 1 rings (SSSR count). The summed E-state index contributed by atoms with van der Waals surface area (Å²) >= 11 is 0. The summed E-state index contributed by atoms with van der Waals surface area (Å²) in [6.07, 6.45) is -5.38. The summed E-state index contributed by atoms with van der Waals surface area (Å²) in [7, 11) is 0. The van der Waals surface area contributed by atoms with Crippen LogP contribution >= 0.6 is 0 Å². The summed E-state index contributed by atoms with van der Waals surface area (Å²) < 4.78 is 41.6. The van der Waals surface area contributed by atoms with Crippen LogP contribution in [0, 0.1) is 0 Å². The van der Waals surface area contributed by atoms with Crippen molar-refractivity contribution < 1.29 is 32.6 Å². The largest absolute Gasteiger partial charge is 0.480 e. The predicted molar refractivity (Wildman–Crippen MR) is 61.9 cm³/mol. The Morgan fingerprint density at radius 1 is 1.30 bits per heavy atom. The molecule has 0 aromatic heterocycles. The molecule has 5 nitrogen and oxygen atoms in total. The molecule has 1 aromatic carbocycles. The van der Waals surface area contributed by atoms with Gasteiger partial charge in [-0.15, -0.1) is 0 Å². The average molecular weight is 291 g/mol. The lowest BCUT2D eigenvalue weighted by molar-refractivity contribution is -0.139. The van der Waals surface area contributed by atoms with Crippen LogP contribution in [-0.4, -0.2) is 23.2 Å². The van der Waals surface area contributed by atoms with Gasteiger partial charge in [-0.05, 0) is 24.6 Å². The van der Waals surface area contributed by atoms with Crippen molar-refractivity contribution in [3.05, 3.63) is 35.4 Å². The Labute approximate surface area is 112 Å². The van der Waals surface area contributed by atoms with Crippen molar-refractivity contribution in [1.29, 1.82) is 0 Å². The van der Waals surface area contributed by atoms with Crippen molar-refractivity contribution in [3.8, 4) is 0 Å². The van der Waals surface area contributed by atoms with Crippen LogP contribution in [0.4, 0.5) is 18.0 Å². The Morgan fingerprint density at radius 3 is 2.30 bits per heavy atom. The highest BCUT2D eigenvalue weighted by Crippen LogP contribution is 2.29. The molecule has 0 bridgehead atoms. The number of hydrogen-bond donors (Lipinski definition) is 2. The smallest absolute Gasteiger partial charge is 0.416 e. The van der Waals surface area contributed by atoms with Gasteiger partial charge in [-0.3, -0.25) is 4.79 Å². The number of aliphatic carboxylic acids is 1. The second kappa shape index (κ2) is 6.27. The van der Waals surface area contributed by atoms with Crippen LogP contribution in [0.2, 0.25) is 0 Å². The number of carboxylic acids is 1. The molecule has 1 amide bonds. The first-order valence-corrected chi connectivity index (χ1v) is 5.52. The Hall–Kier alpha value is -2.25.